The molecule has 0 aromatic heterocycles. The molecule has 2 aromatic carbocycles. The standard InChI is InChI=1S/C12H10.K.H3P.H/c1-3-7-11(8-4-1)12-9-5-2-6-10-12;;;/h1-10H;;1H3;/q;+1;;-1. The minimum Gasteiger partial charge on any atom is -1.00 e. The summed E-state index contributed by atoms with van der Waals surface area (Å²) in [7, 11) is 0. The van der Waals surface area contributed by atoms with Crippen molar-refractivity contribution in [2.24, 2.45) is 0 Å². The van der Waals surface area contributed by atoms with E-state index in [-0.39, 0.29) is 62.7 Å². The molecule has 0 saturated carbocycles. The SMILES string of the molecule is P.[H-].[K+].c1ccc(-c2ccccc2)cc1. The Hall–Kier alpha value is 0.506. The molecular formula is C12H14KP. The summed E-state index contributed by atoms with van der Waals surface area (Å²) in [6.07, 6.45) is 0. The maximum atomic E-state index is 2.12. The molecule has 2 heteroatoms. The summed E-state index contributed by atoms with van der Waals surface area (Å²) in [4.78, 5) is 0. The molecule has 0 fully saturated rings. The van der Waals surface area contributed by atoms with Gasteiger partial charge >= 0.3 is 51.4 Å². The fraction of sp³-hybridized carbons (Fsp3) is 0. The molecule has 2 aromatic rings. The topological polar surface area (TPSA) is 0 Å². The molecule has 0 N–H and O–H groups in total. The molecule has 1 atom stereocenters. The molecule has 2 rings (SSSR count). The number of benzene rings is 2. The molecule has 0 saturated heterocycles. The van der Waals surface area contributed by atoms with Gasteiger partial charge in [0.1, 0.15) is 0 Å². The maximum absolute atomic E-state index is 2.12. The molecule has 0 amide bonds. The van der Waals surface area contributed by atoms with Gasteiger partial charge in [0.2, 0.25) is 0 Å². The smallest absolute Gasteiger partial charge is 1.00 e. The molecule has 0 radical (unpaired) electrons. The second-order valence-corrected chi connectivity index (χ2v) is 2.73. The summed E-state index contributed by atoms with van der Waals surface area (Å²) in [5.41, 5.74) is 2.55. The van der Waals surface area contributed by atoms with Gasteiger partial charge in [-0.15, -0.1) is 0 Å². The third-order valence-corrected chi connectivity index (χ3v) is 1.88. The third-order valence-electron chi connectivity index (χ3n) is 1.88. The molecule has 0 aliphatic rings. The van der Waals surface area contributed by atoms with Gasteiger partial charge < -0.3 is 1.43 Å². The van der Waals surface area contributed by atoms with Crippen molar-refractivity contribution in [3.05, 3.63) is 60.7 Å². The van der Waals surface area contributed by atoms with E-state index in [1.807, 2.05) is 12.1 Å². The van der Waals surface area contributed by atoms with Gasteiger partial charge in [-0.2, -0.15) is 9.90 Å². The molecule has 0 aliphatic heterocycles. The summed E-state index contributed by atoms with van der Waals surface area (Å²) < 4.78 is 0. The molecule has 0 nitrogen and oxygen atoms in total. The average Bonchev–Trinajstić information content (AvgIpc) is 2.21. The van der Waals surface area contributed by atoms with Crippen LogP contribution in [0, 0.1) is 0 Å². The number of rotatable bonds is 1. The van der Waals surface area contributed by atoms with E-state index >= 15 is 0 Å². The Labute approximate surface area is 133 Å². The average molecular weight is 228 g/mol. The largest absolute Gasteiger partial charge is 1.00 e. The predicted molar refractivity (Wildman–Crippen MR) is 64.1 cm³/mol. The summed E-state index contributed by atoms with van der Waals surface area (Å²) in [5.74, 6) is 0. The molecule has 0 spiro atoms. The second kappa shape index (κ2) is 7.75. The first-order chi connectivity index (χ1) is 5.97. The van der Waals surface area contributed by atoms with Crippen molar-refractivity contribution in [1.29, 1.82) is 0 Å². The van der Waals surface area contributed by atoms with Crippen molar-refractivity contribution in [2.75, 3.05) is 0 Å². The van der Waals surface area contributed by atoms with Crippen LogP contribution in [0.2, 0.25) is 0 Å². The van der Waals surface area contributed by atoms with E-state index < -0.39 is 0 Å². The van der Waals surface area contributed by atoms with Gasteiger partial charge in [-0.25, -0.2) is 0 Å². The summed E-state index contributed by atoms with van der Waals surface area (Å²) in [6, 6.07) is 20.8. The summed E-state index contributed by atoms with van der Waals surface area (Å²) >= 11 is 0. The Balaban J connectivity index is 0. The first-order valence-corrected chi connectivity index (χ1v) is 4.07. The van der Waals surface area contributed by atoms with Crippen LogP contribution in [0.25, 0.3) is 11.1 Å². The van der Waals surface area contributed by atoms with E-state index in [4.69, 9.17) is 0 Å². The Bertz CT molecular complexity index is 313. The quantitative estimate of drug-likeness (QED) is 0.493. The Kier molecular flexibility index (Phi) is 8.03. The van der Waals surface area contributed by atoms with Crippen LogP contribution in [0.1, 0.15) is 1.43 Å². The minimum absolute atomic E-state index is 0. The van der Waals surface area contributed by atoms with Crippen LogP contribution in [-0.2, 0) is 0 Å². The molecule has 68 valence electrons. The predicted octanol–water partition coefficient (Wildman–Crippen LogP) is 0.528. The normalized spacial score (nSPS) is 8.29. The fourth-order valence-electron chi connectivity index (χ4n) is 1.26. The van der Waals surface area contributed by atoms with Crippen LogP contribution in [0.5, 0.6) is 0 Å². The first kappa shape index (κ1) is 14.5. The molecule has 1 unspecified atom stereocenters. The fourth-order valence-corrected chi connectivity index (χ4v) is 1.26. The van der Waals surface area contributed by atoms with E-state index in [2.05, 4.69) is 48.5 Å². The molecule has 14 heavy (non-hydrogen) atoms. The van der Waals surface area contributed by atoms with Crippen molar-refractivity contribution in [3.63, 3.8) is 0 Å². The van der Waals surface area contributed by atoms with Crippen LogP contribution < -0.4 is 51.4 Å². The van der Waals surface area contributed by atoms with E-state index in [1.165, 1.54) is 11.1 Å². The van der Waals surface area contributed by atoms with Crippen LogP contribution >= 0.6 is 9.90 Å². The van der Waals surface area contributed by atoms with Crippen molar-refractivity contribution in [3.8, 4) is 11.1 Å². The van der Waals surface area contributed by atoms with E-state index in [0.29, 0.717) is 0 Å². The van der Waals surface area contributed by atoms with Gasteiger partial charge in [0.15, 0.2) is 0 Å². The molecule has 0 bridgehead atoms. The molecule has 0 aliphatic carbocycles. The Morgan fingerprint density at radius 3 is 1.14 bits per heavy atom. The Morgan fingerprint density at radius 1 is 0.571 bits per heavy atom. The number of hydrogen-bond donors (Lipinski definition) is 0. The molecular weight excluding hydrogens is 214 g/mol. The summed E-state index contributed by atoms with van der Waals surface area (Å²) in [5, 5.41) is 0. The van der Waals surface area contributed by atoms with Crippen LogP contribution in [0.4, 0.5) is 0 Å². The second-order valence-electron chi connectivity index (χ2n) is 2.73. The first-order valence-electron chi connectivity index (χ1n) is 4.07. The zero-order valence-electron chi connectivity index (χ0n) is 9.48. The zero-order chi connectivity index (χ0) is 8.23. The van der Waals surface area contributed by atoms with Gasteiger partial charge in [0, 0.05) is 0 Å². The van der Waals surface area contributed by atoms with E-state index in [0.717, 1.165) is 0 Å². The van der Waals surface area contributed by atoms with E-state index in [9.17, 15) is 0 Å². The van der Waals surface area contributed by atoms with Crippen molar-refractivity contribution < 1.29 is 52.8 Å². The van der Waals surface area contributed by atoms with Gasteiger partial charge in [-0.1, -0.05) is 60.7 Å². The third kappa shape index (κ3) is 3.94. The van der Waals surface area contributed by atoms with Crippen molar-refractivity contribution >= 4 is 9.90 Å². The van der Waals surface area contributed by atoms with Crippen molar-refractivity contribution in [1.82, 2.24) is 0 Å². The van der Waals surface area contributed by atoms with Gasteiger partial charge in [-0.3, -0.25) is 0 Å². The Morgan fingerprint density at radius 2 is 0.857 bits per heavy atom. The van der Waals surface area contributed by atoms with Crippen molar-refractivity contribution in [2.45, 2.75) is 0 Å². The molecule has 0 heterocycles. The van der Waals surface area contributed by atoms with Crippen LogP contribution in [0.3, 0.4) is 0 Å². The van der Waals surface area contributed by atoms with Crippen LogP contribution in [0.15, 0.2) is 60.7 Å². The number of hydrogen-bond acceptors (Lipinski definition) is 0. The van der Waals surface area contributed by atoms with Gasteiger partial charge in [-0.05, 0) is 11.1 Å². The maximum Gasteiger partial charge on any atom is 1.00 e. The monoisotopic (exact) mass is 228 g/mol. The van der Waals surface area contributed by atoms with Gasteiger partial charge in [0.25, 0.3) is 0 Å². The van der Waals surface area contributed by atoms with E-state index in [1.54, 1.807) is 0 Å². The minimum atomic E-state index is 0. The van der Waals surface area contributed by atoms with Crippen LogP contribution in [-0.4, -0.2) is 0 Å². The summed E-state index contributed by atoms with van der Waals surface area (Å²) in [6.45, 7) is 0. The zero-order valence-corrected chi connectivity index (χ0v) is 13.0. The van der Waals surface area contributed by atoms with Gasteiger partial charge in [0.05, 0.1) is 0 Å².